The van der Waals surface area contributed by atoms with Gasteiger partial charge >= 0.3 is 0 Å². The summed E-state index contributed by atoms with van der Waals surface area (Å²) in [6.07, 6.45) is 4.72. The van der Waals surface area contributed by atoms with E-state index in [2.05, 4.69) is 22.0 Å². The van der Waals surface area contributed by atoms with E-state index in [0.29, 0.717) is 18.5 Å². The average molecular weight is 225 g/mol. The van der Waals surface area contributed by atoms with Gasteiger partial charge in [-0.3, -0.25) is 9.69 Å². The van der Waals surface area contributed by atoms with Gasteiger partial charge in [0.1, 0.15) is 0 Å². The van der Waals surface area contributed by atoms with Crippen molar-refractivity contribution in [3.05, 3.63) is 0 Å². The van der Waals surface area contributed by atoms with Crippen molar-refractivity contribution in [1.82, 2.24) is 15.1 Å². The minimum absolute atomic E-state index is 0.329. The van der Waals surface area contributed by atoms with Crippen molar-refractivity contribution in [2.45, 2.75) is 38.8 Å². The van der Waals surface area contributed by atoms with Gasteiger partial charge in [0.15, 0.2) is 0 Å². The molecule has 1 amide bonds. The molecule has 92 valence electrons. The molecule has 16 heavy (non-hydrogen) atoms. The molecule has 0 bridgehead atoms. The highest BCUT2D eigenvalue weighted by atomic mass is 16.2. The molecule has 4 nitrogen and oxygen atoms in total. The third-order valence-electron chi connectivity index (χ3n) is 3.71. The van der Waals surface area contributed by atoms with Crippen molar-refractivity contribution in [2.24, 2.45) is 0 Å². The summed E-state index contributed by atoms with van der Waals surface area (Å²) in [6, 6.07) is 0. The van der Waals surface area contributed by atoms with E-state index in [4.69, 9.17) is 0 Å². The summed E-state index contributed by atoms with van der Waals surface area (Å²) in [5.74, 6) is 0.329. The van der Waals surface area contributed by atoms with Gasteiger partial charge in [-0.05, 0) is 25.8 Å². The third-order valence-corrected chi connectivity index (χ3v) is 3.71. The van der Waals surface area contributed by atoms with Crippen LogP contribution in [-0.4, -0.2) is 54.6 Å². The van der Waals surface area contributed by atoms with E-state index in [1.165, 1.54) is 12.8 Å². The largest absolute Gasteiger partial charge is 0.326 e. The van der Waals surface area contributed by atoms with E-state index in [1.807, 2.05) is 0 Å². The normalized spacial score (nSPS) is 29.2. The Kier molecular flexibility index (Phi) is 4.18. The molecule has 1 unspecified atom stereocenters. The second-order valence-electron chi connectivity index (χ2n) is 4.69. The number of carbonyl (C=O) groups is 1. The van der Waals surface area contributed by atoms with Gasteiger partial charge in [0.05, 0.1) is 6.17 Å². The third kappa shape index (κ3) is 2.55. The predicted octanol–water partition coefficient (Wildman–Crippen LogP) is 0.640. The summed E-state index contributed by atoms with van der Waals surface area (Å²) in [5.41, 5.74) is 0. The van der Waals surface area contributed by atoms with Crippen LogP contribution >= 0.6 is 0 Å². The maximum atomic E-state index is 12.0. The summed E-state index contributed by atoms with van der Waals surface area (Å²) >= 11 is 0. The highest BCUT2D eigenvalue weighted by Gasteiger charge is 2.30. The predicted molar refractivity (Wildman–Crippen MR) is 64.1 cm³/mol. The number of nitrogens with zero attached hydrogens (tertiary/aromatic N) is 2. The standard InChI is InChI=1S/C12H23N3O/c1-2-14-9-4-3-5-11(14)15-10-8-13-7-6-12(15)16/h11,13H,2-10H2,1H3. The molecule has 0 saturated carbocycles. The molecule has 4 heteroatoms. The zero-order valence-corrected chi connectivity index (χ0v) is 10.2. The van der Waals surface area contributed by atoms with E-state index in [9.17, 15) is 4.79 Å². The van der Waals surface area contributed by atoms with Gasteiger partial charge in [0.2, 0.25) is 5.91 Å². The van der Waals surface area contributed by atoms with Crippen LogP contribution in [0.25, 0.3) is 0 Å². The lowest BCUT2D eigenvalue weighted by Crippen LogP contribution is -2.53. The summed E-state index contributed by atoms with van der Waals surface area (Å²) in [5, 5.41) is 3.30. The molecule has 2 rings (SSSR count). The van der Waals surface area contributed by atoms with Crippen LogP contribution in [0.4, 0.5) is 0 Å². The first-order valence-corrected chi connectivity index (χ1v) is 6.57. The van der Waals surface area contributed by atoms with Crippen LogP contribution < -0.4 is 5.32 Å². The minimum atomic E-state index is 0.329. The molecule has 0 aromatic carbocycles. The van der Waals surface area contributed by atoms with Gasteiger partial charge in [0, 0.05) is 32.6 Å². The van der Waals surface area contributed by atoms with Gasteiger partial charge in [-0.2, -0.15) is 0 Å². The molecule has 0 aromatic heterocycles. The van der Waals surface area contributed by atoms with Crippen LogP contribution in [0.3, 0.4) is 0 Å². The Morgan fingerprint density at radius 2 is 2.19 bits per heavy atom. The van der Waals surface area contributed by atoms with E-state index in [1.54, 1.807) is 0 Å². The first-order chi connectivity index (χ1) is 7.83. The first-order valence-electron chi connectivity index (χ1n) is 6.57. The minimum Gasteiger partial charge on any atom is -0.326 e. The molecular formula is C12H23N3O. The highest BCUT2D eigenvalue weighted by molar-refractivity contribution is 5.77. The zero-order chi connectivity index (χ0) is 11.4. The first kappa shape index (κ1) is 11.9. The summed E-state index contributed by atoms with van der Waals surface area (Å²) < 4.78 is 0. The molecule has 2 heterocycles. The molecular weight excluding hydrogens is 202 g/mol. The monoisotopic (exact) mass is 225 g/mol. The zero-order valence-electron chi connectivity index (χ0n) is 10.2. The van der Waals surface area contributed by atoms with Crippen LogP contribution in [-0.2, 0) is 4.79 Å². The van der Waals surface area contributed by atoms with E-state index in [-0.39, 0.29) is 0 Å². The Labute approximate surface area is 98.0 Å². The molecule has 0 spiro atoms. The van der Waals surface area contributed by atoms with Crippen LogP contribution in [0, 0.1) is 0 Å². The fourth-order valence-electron chi connectivity index (χ4n) is 2.80. The molecule has 0 aromatic rings. The second kappa shape index (κ2) is 5.64. The Balaban J connectivity index is 2.04. The van der Waals surface area contributed by atoms with Crippen LogP contribution in [0.2, 0.25) is 0 Å². The number of hydrogen-bond acceptors (Lipinski definition) is 3. The van der Waals surface area contributed by atoms with Gasteiger partial charge in [-0.15, -0.1) is 0 Å². The lowest BCUT2D eigenvalue weighted by Gasteiger charge is -2.41. The SMILES string of the molecule is CCN1CCCCC1N1CCNCCC1=O. The van der Waals surface area contributed by atoms with Crippen molar-refractivity contribution in [1.29, 1.82) is 0 Å². The Morgan fingerprint density at radius 1 is 1.31 bits per heavy atom. The smallest absolute Gasteiger partial charge is 0.225 e. The lowest BCUT2D eigenvalue weighted by atomic mass is 10.1. The maximum absolute atomic E-state index is 12.0. The van der Waals surface area contributed by atoms with Gasteiger partial charge in [-0.25, -0.2) is 0 Å². The summed E-state index contributed by atoms with van der Waals surface area (Å²) in [4.78, 5) is 16.6. The van der Waals surface area contributed by atoms with Crippen molar-refractivity contribution >= 4 is 5.91 Å². The number of carbonyl (C=O) groups excluding carboxylic acids is 1. The van der Waals surface area contributed by atoms with Crippen LogP contribution in [0.15, 0.2) is 0 Å². The molecule has 2 aliphatic heterocycles. The molecule has 1 N–H and O–H groups in total. The number of likely N-dealkylation sites (tertiary alicyclic amines) is 1. The lowest BCUT2D eigenvalue weighted by molar-refractivity contribution is -0.138. The van der Waals surface area contributed by atoms with Crippen LogP contribution in [0.5, 0.6) is 0 Å². The Morgan fingerprint density at radius 3 is 3.00 bits per heavy atom. The fraction of sp³-hybridized carbons (Fsp3) is 0.917. The number of nitrogens with one attached hydrogen (secondary N) is 1. The van der Waals surface area contributed by atoms with Gasteiger partial charge in [-0.1, -0.05) is 6.92 Å². The molecule has 2 fully saturated rings. The van der Waals surface area contributed by atoms with E-state index in [0.717, 1.165) is 39.1 Å². The van der Waals surface area contributed by atoms with Gasteiger partial charge in [0.25, 0.3) is 0 Å². The summed E-state index contributed by atoms with van der Waals surface area (Å²) in [6.45, 7) is 7.06. The molecule has 0 radical (unpaired) electrons. The second-order valence-corrected chi connectivity index (χ2v) is 4.69. The Bertz CT molecular complexity index is 244. The van der Waals surface area contributed by atoms with Gasteiger partial charge < -0.3 is 10.2 Å². The number of hydrogen-bond donors (Lipinski definition) is 1. The van der Waals surface area contributed by atoms with Crippen molar-refractivity contribution in [3.8, 4) is 0 Å². The molecule has 0 aliphatic carbocycles. The highest BCUT2D eigenvalue weighted by Crippen LogP contribution is 2.20. The topological polar surface area (TPSA) is 35.6 Å². The maximum Gasteiger partial charge on any atom is 0.225 e. The molecule has 1 atom stereocenters. The van der Waals surface area contributed by atoms with Crippen LogP contribution in [0.1, 0.15) is 32.6 Å². The number of rotatable bonds is 2. The quantitative estimate of drug-likeness (QED) is 0.749. The Hall–Kier alpha value is -0.610. The average Bonchev–Trinajstić information content (AvgIpc) is 2.54. The summed E-state index contributed by atoms with van der Waals surface area (Å²) in [7, 11) is 0. The number of piperidine rings is 1. The molecule has 2 saturated heterocycles. The van der Waals surface area contributed by atoms with Crippen molar-refractivity contribution < 1.29 is 4.79 Å². The molecule has 2 aliphatic rings. The van der Waals surface area contributed by atoms with Crippen molar-refractivity contribution in [2.75, 3.05) is 32.7 Å². The van der Waals surface area contributed by atoms with E-state index >= 15 is 0 Å². The number of amides is 1. The van der Waals surface area contributed by atoms with Crippen molar-refractivity contribution in [3.63, 3.8) is 0 Å². The fourth-order valence-corrected chi connectivity index (χ4v) is 2.80. The van der Waals surface area contributed by atoms with E-state index < -0.39 is 0 Å².